The van der Waals surface area contributed by atoms with Crippen LogP contribution in [0.5, 0.6) is 0 Å². The Hall–Kier alpha value is -2.56. The smallest absolute Gasteiger partial charge is 0.337 e. The normalized spacial score (nSPS) is 15.3. The van der Waals surface area contributed by atoms with Gasteiger partial charge in [0.2, 0.25) is 0 Å². The molecule has 0 unspecified atom stereocenters. The molecule has 3 rings (SSSR count). The van der Waals surface area contributed by atoms with Gasteiger partial charge >= 0.3 is 5.97 Å². The number of hydrogen-bond acceptors (Lipinski definition) is 4. The van der Waals surface area contributed by atoms with Gasteiger partial charge in [0.05, 0.1) is 18.4 Å². The van der Waals surface area contributed by atoms with E-state index >= 15 is 0 Å². The van der Waals surface area contributed by atoms with Crippen molar-refractivity contribution < 1.29 is 14.3 Å². The van der Waals surface area contributed by atoms with Crippen molar-refractivity contribution in [3.63, 3.8) is 0 Å². The summed E-state index contributed by atoms with van der Waals surface area (Å²) in [4.78, 5) is 16.8. The Morgan fingerprint density at radius 1 is 1.38 bits per heavy atom. The predicted molar refractivity (Wildman–Crippen MR) is 90.1 cm³/mol. The van der Waals surface area contributed by atoms with E-state index in [9.17, 15) is 4.79 Å². The van der Waals surface area contributed by atoms with Crippen LogP contribution in [-0.4, -0.2) is 22.1 Å². The summed E-state index contributed by atoms with van der Waals surface area (Å²) in [5, 5.41) is 0. The van der Waals surface area contributed by atoms with Gasteiger partial charge < -0.3 is 14.0 Å². The van der Waals surface area contributed by atoms with E-state index in [0.717, 1.165) is 18.7 Å². The van der Waals surface area contributed by atoms with Crippen LogP contribution in [0.25, 0.3) is 0 Å². The van der Waals surface area contributed by atoms with E-state index < -0.39 is 0 Å². The third-order valence-electron chi connectivity index (χ3n) is 4.13. The molecule has 1 aromatic heterocycles. The maximum Gasteiger partial charge on any atom is 0.337 e. The number of carbonyl (C=O) groups excluding carboxylic acids is 1. The maximum absolute atomic E-state index is 12.4. The second-order valence-electron chi connectivity index (χ2n) is 5.93. The zero-order valence-corrected chi connectivity index (χ0v) is 13.9. The summed E-state index contributed by atoms with van der Waals surface area (Å²) in [6.45, 7) is 0.660. The second-order valence-corrected chi connectivity index (χ2v) is 5.93. The fraction of sp³-hybridized carbons (Fsp3) is 0.368. The molecule has 2 heterocycles. The highest BCUT2D eigenvalue weighted by Crippen LogP contribution is 2.24. The molecule has 1 aliphatic heterocycles. The fourth-order valence-corrected chi connectivity index (χ4v) is 2.79. The molecule has 5 heteroatoms. The van der Waals surface area contributed by atoms with Crippen LogP contribution < -0.4 is 0 Å². The van der Waals surface area contributed by atoms with Gasteiger partial charge in [0.15, 0.2) is 6.10 Å². The Labute approximate surface area is 141 Å². The number of aryl methyl sites for hydroxylation is 2. The van der Waals surface area contributed by atoms with Crippen molar-refractivity contribution in [1.82, 2.24) is 9.55 Å². The van der Waals surface area contributed by atoms with Crippen LogP contribution in [0, 0.1) is 0 Å². The molecule has 0 aliphatic carbocycles. The molecule has 2 aromatic rings. The van der Waals surface area contributed by atoms with Crippen molar-refractivity contribution in [3.8, 4) is 0 Å². The van der Waals surface area contributed by atoms with E-state index in [4.69, 9.17) is 9.47 Å². The Morgan fingerprint density at radius 2 is 2.21 bits per heavy atom. The van der Waals surface area contributed by atoms with E-state index in [2.05, 4.69) is 17.1 Å². The van der Waals surface area contributed by atoms with Gasteiger partial charge in [-0.15, -0.1) is 0 Å². The van der Waals surface area contributed by atoms with Crippen molar-refractivity contribution in [1.29, 1.82) is 0 Å². The monoisotopic (exact) mass is 326 g/mol. The van der Waals surface area contributed by atoms with Crippen molar-refractivity contribution in [2.45, 2.75) is 31.8 Å². The molecule has 1 aromatic carbocycles. The molecule has 0 fully saturated rings. The zero-order chi connectivity index (χ0) is 16.8. The molecular weight excluding hydrogens is 304 g/mol. The lowest BCUT2D eigenvalue weighted by molar-refractivity contribution is -0.146. The lowest BCUT2D eigenvalue weighted by atomic mass is 10.1. The predicted octanol–water partition coefficient (Wildman–Crippen LogP) is 3.33. The number of ether oxygens (including phenoxy) is 2. The van der Waals surface area contributed by atoms with Crippen LogP contribution in [0.2, 0.25) is 0 Å². The number of carbonyl (C=O) groups is 1. The van der Waals surface area contributed by atoms with Crippen molar-refractivity contribution >= 4 is 5.97 Å². The van der Waals surface area contributed by atoms with Crippen LogP contribution >= 0.6 is 0 Å². The quantitative estimate of drug-likeness (QED) is 0.764. The molecule has 24 heavy (non-hydrogen) atoms. The number of esters is 1. The molecule has 0 radical (unpaired) electrons. The van der Waals surface area contributed by atoms with Crippen LogP contribution in [0.3, 0.4) is 0 Å². The number of imidazole rings is 1. The standard InChI is InChI=1S/C19H22N2O3/c1-21-12-11-20-18(21)17(10-9-15-6-3-2-4-7-15)24-19(22)16-8-5-13-23-14-16/h2-4,6-7,11-12,14,17H,5,8-10,13H2,1H3/t17-/m1/s1. The largest absolute Gasteiger partial charge is 0.501 e. The average Bonchev–Trinajstić information content (AvgIpc) is 3.06. The second kappa shape index (κ2) is 7.81. The van der Waals surface area contributed by atoms with Gasteiger partial charge in [0.1, 0.15) is 5.82 Å². The minimum Gasteiger partial charge on any atom is -0.501 e. The lowest BCUT2D eigenvalue weighted by Crippen LogP contribution is -2.19. The first-order valence-electron chi connectivity index (χ1n) is 8.27. The minimum absolute atomic E-state index is 0.309. The third-order valence-corrected chi connectivity index (χ3v) is 4.13. The maximum atomic E-state index is 12.4. The van der Waals surface area contributed by atoms with E-state index in [0.29, 0.717) is 25.0 Å². The molecule has 1 atom stereocenters. The fourth-order valence-electron chi connectivity index (χ4n) is 2.79. The third kappa shape index (κ3) is 4.04. The molecule has 126 valence electrons. The number of hydrogen-bond donors (Lipinski definition) is 0. The van der Waals surface area contributed by atoms with Gasteiger partial charge in [-0.2, -0.15) is 0 Å². The molecule has 1 aliphatic rings. The zero-order valence-electron chi connectivity index (χ0n) is 13.9. The highest BCUT2D eigenvalue weighted by molar-refractivity contribution is 5.88. The molecule has 0 bridgehead atoms. The van der Waals surface area contributed by atoms with E-state index in [1.807, 2.05) is 36.0 Å². The Balaban J connectivity index is 1.71. The summed E-state index contributed by atoms with van der Waals surface area (Å²) < 4.78 is 12.9. The minimum atomic E-state index is -0.375. The van der Waals surface area contributed by atoms with Crippen LogP contribution in [0.15, 0.2) is 54.6 Å². The number of aromatic nitrogens is 2. The van der Waals surface area contributed by atoms with Gasteiger partial charge in [-0.1, -0.05) is 30.3 Å². The summed E-state index contributed by atoms with van der Waals surface area (Å²) in [5.41, 5.74) is 1.81. The first-order chi connectivity index (χ1) is 11.7. The first-order valence-corrected chi connectivity index (χ1v) is 8.27. The van der Waals surface area contributed by atoms with E-state index in [1.165, 1.54) is 11.8 Å². The van der Waals surface area contributed by atoms with E-state index in [1.54, 1.807) is 6.20 Å². The molecule has 0 saturated heterocycles. The van der Waals surface area contributed by atoms with Crippen molar-refractivity contribution in [3.05, 3.63) is 65.9 Å². The summed E-state index contributed by atoms with van der Waals surface area (Å²) in [5.74, 6) is 0.451. The number of rotatable bonds is 6. The lowest BCUT2D eigenvalue weighted by Gasteiger charge is -2.20. The Morgan fingerprint density at radius 3 is 2.88 bits per heavy atom. The van der Waals surface area contributed by atoms with Gasteiger partial charge in [0.25, 0.3) is 0 Å². The highest BCUT2D eigenvalue weighted by atomic mass is 16.5. The average molecular weight is 326 g/mol. The van der Waals surface area contributed by atoms with Gasteiger partial charge in [-0.3, -0.25) is 0 Å². The number of nitrogens with zero attached hydrogens (tertiary/aromatic N) is 2. The summed E-state index contributed by atoms with van der Waals surface area (Å²) >= 11 is 0. The van der Waals surface area contributed by atoms with Crippen LogP contribution in [0.1, 0.15) is 36.8 Å². The molecule has 0 spiro atoms. The van der Waals surface area contributed by atoms with Gasteiger partial charge in [-0.25, -0.2) is 9.78 Å². The SMILES string of the molecule is Cn1ccnc1[C@@H](CCc1ccccc1)OC(=O)C1=COCCC1. The van der Waals surface area contributed by atoms with Gasteiger partial charge in [-0.05, 0) is 31.2 Å². The summed E-state index contributed by atoms with van der Waals surface area (Å²) in [6.07, 6.45) is 7.79. The van der Waals surface area contributed by atoms with Crippen molar-refractivity contribution in [2.75, 3.05) is 6.61 Å². The van der Waals surface area contributed by atoms with Crippen LogP contribution in [-0.2, 0) is 27.7 Å². The van der Waals surface area contributed by atoms with Crippen molar-refractivity contribution in [2.24, 2.45) is 7.05 Å². The first kappa shape index (κ1) is 16.3. The van der Waals surface area contributed by atoms with Crippen LogP contribution in [0.4, 0.5) is 0 Å². The summed E-state index contributed by atoms with van der Waals surface area (Å²) in [7, 11) is 1.91. The Kier molecular flexibility index (Phi) is 5.31. The summed E-state index contributed by atoms with van der Waals surface area (Å²) in [6, 6.07) is 10.2. The highest BCUT2D eigenvalue weighted by Gasteiger charge is 2.23. The molecule has 0 amide bonds. The molecule has 5 nitrogen and oxygen atoms in total. The topological polar surface area (TPSA) is 53.4 Å². The van der Waals surface area contributed by atoms with E-state index in [-0.39, 0.29) is 12.1 Å². The number of benzene rings is 1. The molecular formula is C19H22N2O3. The Bertz CT molecular complexity index is 706. The molecule has 0 saturated carbocycles. The van der Waals surface area contributed by atoms with Gasteiger partial charge in [0, 0.05) is 19.4 Å². The molecule has 0 N–H and O–H groups in total.